The van der Waals surface area contributed by atoms with E-state index >= 15 is 0 Å². The van der Waals surface area contributed by atoms with Crippen LogP contribution in [-0.2, 0) is 5.88 Å². The number of hydrogen-bond acceptors (Lipinski definition) is 2. The molecule has 0 unspecified atom stereocenters. The Labute approximate surface area is 127 Å². The minimum Gasteiger partial charge on any atom is -0.278 e. The topological polar surface area (TPSA) is 30.7 Å². The number of aryl methyl sites for hydroxylation is 2. The van der Waals surface area contributed by atoms with E-state index in [2.05, 4.69) is 9.97 Å². The number of alkyl halides is 1. The second-order valence-electron chi connectivity index (χ2n) is 4.76. The van der Waals surface area contributed by atoms with Crippen LogP contribution in [0, 0.1) is 13.8 Å². The highest BCUT2D eigenvalue weighted by molar-refractivity contribution is 6.32. The number of pyridine rings is 1. The van der Waals surface area contributed by atoms with Gasteiger partial charge in [0.25, 0.3) is 0 Å². The third-order valence-corrected chi connectivity index (χ3v) is 3.78. The summed E-state index contributed by atoms with van der Waals surface area (Å²) in [5.41, 5.74) is 4.63. The van der Waals surface area contributed by atoms with Crippen molar-refractivity contribution >= 4 is 34.4 Å². The van der Waals surface area contributed by atoms with Crippen LogP contribution in [0.2, 0.25) is 5.02 Å². The third-order valence-electron chi connectivity index (χ3n) is 3.24. The molecule has 3 nitrogen and oxygen atoms in total. The average Bonchev–Trinajstić information content (AvgIpc) is 2.76. The highest BCUT2D eigenvalue weighted by atomic mass is 35.5. The Hall–Kier alpha value is -1.58. The smallest absolute Gasteiger partial charge is 0.164 e. The molecule has 0 bridgehead atoms. The summed E-state index contributed by atoms with van der Waals surface area (Å²) in [6, 6.07) is 7.81. The Morgan fingerprint density at radius 2 is 2.05 bits per heavy atom. The van der Waals surface area contributed by atoms with Crippen molar-refractivity contribution in [2.24, 2.45) is 0 Å². The quantitative estimate of drug-likeness (QED) is 0.656. The Bertz CT molecular complexity index is 773. The van der Waals surface area contributed by atoms with Crippen LogP contribution in [0.4, 0.5) is 0 Å². The minimum atomic E-state index is 0.306. The molecule has 3 aromatic rings. The van der Waals surface area contributed by atoms with Crippen LogP contribution in [-0.4, -0.2) is 14.5 Å². The molecule has 0 aliphatic heterocycles. The van der Waals surface area contributed by atoms with E-state index in [0.29, 0.717) is 10.9 Å². The molecule has 0 saturated heterocycles. The van der Waals surface area contributed by atoms with Gasteiger partial charge >= 0.3 is 0 Å². The molecule has 0 radical (unpaired) electrons. The third kappa shape index (κ3) is 2.07. The summed E-state index contributed by atoms with van der Waals surface area (Å²) >= 11 is 12.4. The number of rotatable bonds is 2. The lowest BCUT2D eigenvalue weighted by atomic mass is 10.2. The molecule has 2 heterocycles. The minimum absolute atomic E-state index is 0.306. The number of hydrogen-bond donors (Lipinski definition) is 0. The van der Waals surface area contributed by atoms with Crippen LogP contribution >= 0.6 is 23.2 Å². The van der Waals surface area contributed by atoms with Gasteiger partial charge in [-0.3, -0.25) is 4.57 Å². The molecular formula is C15H13Cl2N3. The number of halogens is 2. The average molecular weight is 306 g/mol. The largest absolute Gasteiger partial charge is 0.278 e. The highest BCUT2D eigenvalue weighted by Crippen LogP contribution is 2.29. The highest BCUT2D eigenvalue weighted by Gasteiger charge is 2.16. The maximum Gasteiger partial charge on any atom is 0.164 e. The van der Waals surface area contributed by atoms with E-state index in [-0.39, 0.29) is 0 Å². The second-order valence-corrected chi connectivity index (χ2v) is 5.43. The van der Waals surface area contributed by atoms with Gasteiger partial charge in [-0.1, -0.05) is 23.7 Å². The summed E-state index contributed by atoms with van der Waals surface area (Å²) in [5.74, 6) is 1.05. The standard InChI is InChI=1S/C15H13Cl2N3/c1-9-6-12-15(18-8-9)20(13(7-16)19-12)14-10(2)4-3-5-11(14)17/h3-6,8H,7H2,1-2H3. The predicted molar refractivity (Wildman–Crippen MR) is 82.9 cm³/mol. The zero-order valence-corrected chi connectivity index (χ0v) is 12.7. The molecule has 0 saturated carbocycles. The molecule has 0 N–H and O–H groups in total. The van der Waals surface area contributed by atoms with E-state index in [0.717, 1.165) is 33.8 Å². The molecule has 0 amide bonds. The molecule has 0 aliphatic rings. The maximum atomic E-state index is 6.36. The molecule has 2 aromatic heterocycles. The van der Waals surface area contributed by atoms with E-state index < -0.39 is 0 Å². The molecule has 1 aromatic carbocycles. The van der Waals surface area contributed by atoms with E-state index in [9.17, 15) is 0 Å². The van der Waals surface area contributed by atoms with Gasteiger partial charge in [0, 0.05) is 6.20 Å². The van der Waals surface area contributed by atoms with E-state index in [1.807, 2.05) is 48.9 Å². The van der Waals surface area contributed by atoms with Crippen LogP contribution in [0.5, 0.6) is 0 Å². The molecule has 5 heteroatoms. The van der Waals surface area contributed by atoms with Gasteiger partial charge < -0.3 is 0 Å². The fourth-order valence-corrected chi connectivity index (χ4v) is 2.83. The van der Waals surface area contributed by atoms with Crippen LogP contribution in [0.3, 0.4) is 0 Å². The number of benzene rings is 1. The van der Waals surface area contributed by atoms with Crippen molar-refractivity contribution in [3.63, 3.8) is 0 Å². The first-order chi connectivity index (χ1) is 9.61. The number of imidazole rings is 1. The van der Waals surface area contributed by atoms with Gasteiger partial charge in [0.2, 0.25) is 0 Å². The molecule has 3 rings (SSSR count). The molecule has 0 aliphatic carbocycles. The normalized spacial score (nSPS) is 11.2. The zero-order valence-electron chi connectivity index (χ0n) is 11.2. The first kappa shape index (κ1) is 13.4. The number of nitrogens with zero attached hydrogens (tertiary/aromatic N) is 3. The van der Waals surface area contributed by atoms with Crippen molar-refractivity contribution < 1.29 is 0 Å². The summed E-state index contributed by atoms with van der Waals surface area (Å²) < 4.78 is 1.94. The van der Waals surface area contributed by atoms with Crippen LogP contribution < -0.4 is 0 Å². The van der Waals surface area contributed by atoms with Crippen LogP contribution in [0.1, 0.15) is 17.0 Å². The molecule has 0 fully saturated rings. The van der Waals surface area contributed by atoms with Gasteiger partial charge in [0.15, 0.2) is 5.65 Å². The van der Waals surface area contributed by atoms with Crippen LogP contribution in [0.15, 0.2) is 30.5 Å². The first-order valence-electron chi connectivity index (χ1n) is 6.27. The Morgan fingerprint density at radius 1 is 1.25 bits per heavy atom. The zero-order chi connectivity index (χ0) is 14.3. The summed E-state index contributed by atoms with van der Waals surface area (Å²) in [5, 5.41) is 0.665. The molecular weight excluding hydrogens is 293 g/mol. The fraction of sp³-hybridized carbons (Fsp3) is 0.200. The SMILES string of the molecule is Cc1cnc2c(c1)nc(CCl)n2-c1c(C)cccc1Cl. The van der Waals surface area contributed by atoms with Crippen molar-refractivity contribution in [3.05, 3.63) is 52.4 Å². The lowest BCUT2D eigenvalue weighted by molar-refractivity contribution is 0.960. The lowest BCUT2D eigenvalue weighted by Gasteiger charge is -2.12. The molecule has 0 spiro atoms. The van der Waals surface area contributed by atoms with Gasteiger partial charge in [-0.15, -0.1) is 11.6 Å². The van der Waals surface area contributed by atoms with Gasteiger partial charge in [-0.2, -0.15) is 0 Å². The molecule has 0 atom stereocenters. The van der Waals surface area contributed by atoms with E-state index in [4.69, 9.17) is 23.2 Å². The fourth-order valence-electron chi connectivity index (χ4n) is 2.34. The van der Waals surface area contributed by atoms with Crippen LogP contribution in [0.25, 0.3) is 16.9 Å². The van der Waals surface area contributed by atoms with Crippen molar-refractivity contribution in [1.82, 2.24) is 14.5 Å². The Kier molecular flexibility index (Phi) is 3.40. The summed E-state index contributed by atoms with van der Waals surface area (Å²) in [4.78, 5) is 9.05. The first-order valence-corrected chi connectivity index (χ1v) is 7.18. The summed E-state index contributed by atoms with van der Waals surface area (Å²) in [6.45, 7) is 4.01. The van der Waals surface area contributed by atoms with E-state index in [1.54, 1.807) is 0 Å². The van der Waals surface area contributed by atoms with Crippen molar-refractivity contribution in [2.45, 2.75) is 19.7 Å². The Morgan fingerprint density at radius 3 is 2.75 bits per heavy atom. The van der Waals surface area contributed by atoms with Crippen molar-refractivity contribution in [1.29, 1.82) is 0 Å². The van der Waals surface area contributed by atoms with Gasteiger partial charge in [-0.05, 0) is 37.1 Å². The number of aromatic nitrogens is 3. The number of para-hydroxylation sites is 1. The second kappa shape index (κ2) is 5.08. The molecule has 102 valence electrons. The maximum absolute atomic E-state index is 6.36. The van der Waals surface area contributed by atoms with Gasteiger partial charge in [-0.25, -0.2) is 9.97 Å². The van der Waals surface area contributed by atoms with E-state index in [1.165, 1.54) is 0 Å². The van der Waals surface area contributed by atoms with Crippen molar-refractivity contribution in [3.8, 4) is 5.69 Å². The summed E-state index contributed by atoms with van der Waals surface area (Å²) in [7, 11) is 0. The molecule has 20 heavy (non-hydrogen) atoms. The predicted octanol–water partition coefficient (Wildman–Crippen LogP) is 4.43. The van der Waals surface area contributed by atoms with Crippen molar-refractivity contribution in [2.75, 3.05) is 0 Å². The lowest BCUT2D eigenvalue weighted by Crippen LogP contribution is -2.03. The summed E-state index contributed by atoms with van der Waals surface area (Å²) in [6.07, 6.45) is 1.82. The van der Waals surface area contributed by atoms with Gasteiger partial charge in [0.1, 0.15) is 11.3 Å². The monoisotopic (exact) mass is 305 g/mol. The Balaban J connectivity index is 2.40. The number of fused-ring (bicyclic) bond motifs is 1. The van der Waals surface area contributed by atoms with Gasteiger partial charge in [0.05, 0.1) is 16.6 Å².